The van der Waals surface area contributed by atoms with Crippen LogP contribution in [0, 0.1) is 0 Å². The van der Waals surface area contributed by atoms with Crippen LogP contribution >= 0.6 is 0 Å². The van der Waals surface area contributed by atoms with Gasteiger partial charge in [-0.3, -0.25) is 0 Å². The lowest BCUT2D eigenvalue weighted by molar-refractivity contribution is 0.136. The highest BCUT2D eigenvalue weighted by Crippen LogP contribution is 2.20. The van der Waals surface area contributed by atoms with Crippen LogP contribution in [-0.2, 0) is 6.42 Å². The second kappa shape index (κ2) is 7.81. The summed E-state index contributed by atoms with van der Waals surface area (Å²) in [6.07, 6.45) is 0.437. The number of aliphatic hydroxyl groups excluding tert-OH is 1. The number of aliphatic hydroxyl groups is 1. The molecular formula is C18H23NO2. The molecule has 0 aliphatic rings. The highest BCUT2D eigenvalue weighted by molar-refractivity contribution is 5.29. The van der Waals surface area contributed by atoms with Crippen LogP contribution in [0.15, 0.2) is 54.6 Å². The first-order chi connectivity index (χ1) is 10.2. The summed E-state index contributed by atoms with van der Waals surface area (Å²) in [5.41, 5.74) is 2.20. The van der Waals surface area contributed by atoms with Gasteiger partial charge in [0.25, 0.3) is 0 Å². The van der Waals surface area contributed by atoms with Gasteiger partial charge in [0.2, 0.25) is 0 Å². The van der Waals surface area contributed by atoms with Crippen molar-refractivity contribution in [2.75, 3.05) is 13.7 Å². The number of rotatable bonds is 7. The van der Waals surface area contributed by atoms with Crippen LogP contribution < -0.4 is 10.1 Å². The van der Waals surface area contributed by atoms with Crippen molar-refractivity contribution < 1.29 is 9.84 Å². The topological polar surface area (TPSA) is 41.5 Å². The second-order valence-corrected chi connectivity index (χ2v) is 5.20. The Labute approximate surface area is 126 Å². The summed E-state index contributed by atoms with van der Waals surface area (Å²) >= 11 is 0. The molecule has 3 nitrogen and oxygen atoms in total. The number of nitrogens with one attached hydrogen (secondary N) is 1. The molecule has 21 heavy (non-hydrogen) atoms. The van der Waals surface area contributed by atoms with Gasteiger partial charge in [0, 0.05) is 6.04 Å². The molecule has 2 atom stereocenters. The number of ether oxygens (including phenoxy) is 1. The fraction of sp³-hybridized carbons (Fsp3) is 0.333. The van der Waals surface area contributed by atoms with Crippen molar-refractivity contribution in [1.29, 1.82) is 0 Å². The van der Waals surface area contributed by atoms with Crippen LogP contribution in [0.3, 0.4) is 0 Å². The third kappa shape index (κ3) is 4.59. The van der Waals surface area contributed by atoms with Crippen molar-refractivity contribution in [1.82, 2.24) is 5.32 Å². The molecule has 0 aromatic heterocycles. The number of benzene rings is 2. The summed E-state index contributed by atoms with van der Waals surface area (Å²) in [6.45, 7) is 2.85. The molecule has 2 rings (SSSR count). The van der Waals surface area contributed by atoms with E-state index in [4.69, 9.17) is 4.74 Å². The minimum Gasteiger partial charge on any atom is -0.497 e. The lowest BCUT2D eigenvalue weighted by atomic mass is 10.0. The Hall–Kier alpha value is -1.84. The Morgan fingerprint density at radius 3 is 2.33 bits per heavy atom. The van der Waals surface area contributed by atoms with Crippen LogP contribution in [0.4, 0.5) is 0 Å². The van der Waals surface area contributed by atoms with Gasteiger partial charge in [-0.25, -0.2) is 0 Å². The van der Waals surface area contributed by atoms with E-state index in [-0.39, 0.29) is 6.04 Å². The minimum atomic E-state index is -0.522. The van der Waals surface area contributed by atoms with Crippen LogP contribution in [-0.4, -0.2) is 24.8 Å². The van der Waals surface area contributed by atoms with Gasteiger partial charge in [-0.2, -0.15) is 0 Å². The Bertz CT molecular complexity index is 525. The Balaban J connectivity index is 1.82. The SMILES string of the molecule is COc1ccc(C(O)C(C)NCCc2ccccc2)cc1. The highest BCUT2D eigenvalue weighted by Gasteiger charge is 2.15. The predicted octanol–water partition coefficient (Wildman–Crippen LogP) is 2.95. The third-order valence-corrected chi connectivity index (χ3v) is 3.65. The molecule has 112 valence electrons. The standard InChI is InChI=1S/C18H23NO2/c1-14(19-13-12-15-6-4-3-5-7-15)18(20)16-8-10-17(21-2)11-9-16/h3-11,14,18-20H,12-13H2,1-2H3. The summed E-state index contributed by atoms with van der Waals surface area (Å²) in [5, 5.41) is 13.7. The van der Waals surface area contributed by atoms with E-state index in [0.29, 0.717) is 0 Å². The smallest absolute Gasteiger partial charge is 0.118 e. The zero-order chi connectivity index (χ0) is 15.1. The van der Waals surface area contributed by atoms with Gasteiger partial charge in [-0.15, -0.1) is 0 Å². The average Bonchev–Trinajstić information content (AvgIpc) is 2.55. The summed E-state index contributed by atoms with van der Waals surface area (Å²) < 4.78 is 5.13. The van der Waals surface area contributed by atoms with E-state index < -0.39 is 6.10 Å². The molecule has 2 aromatic carbocycles. The van der Waals surface area contributed by atoms with Gasteiger partial charge in [-0.05, 0) is 43.1 Å². The molecule has 2 N–H and O–H groups in total. The van der Waals surface area contributed by atoms with Crippen molar-refractivity contribution >= 4 is 0 Å². The van der Waals surface area contributed by atoms with Gasteiger partial charge >= 0.3 is 0 Å². The first-order valence-corrected chi connectivity index (χ1v) is 7.30. The highest BCUT2D eigenvalue weighted by atomic mass is 16.5. The van der Waals surface area contributed by atoms with E-state index in [1.165, 1.54) is 5.56 Å². The average molecular weight is 285 g/mol. The van der Waals surface area contributed by atoms with E-state index in [2.05, 4.69) is 17.4 Å². The van der Waals surface area contributed by atoms with Gasteiger partial charge in [-0.1, -0.05) is 42.5 Å². The van der Waals surface area contributed by atoms with Crippen molar-refractivity contribution in [3.05, 3.63) is 65.7 Å². The van der Waals surface area contributed by atoms with Crippen LogP contribution in [0.5, 0.6) is 5.75 Å². The molecule has 0 aliphatic heterocycles. The predicted molar refractivity (Wildman–Crippen MR) is 85.6 cm³/mol. The molecule has 0 saturated carbocycles. The van der Waals surface area contributed by atoms with Crippen molar-refractivity contribution in [2.45, 2.75) is 25.5 Å². The lowest BCUT2D eigenvalue weighted by Crippen LogP contribution is -2.33. The fourth-order valence-electron chi connectivity index (χ4n) is 2.29. The lowest BCUT2D eigenvalue weighted by Gasteiger charge is -2.21. The van der Waals surface area contributed by atoms with Crippen molar-refractivity contribution in [3.8, 4) is 5.75 Å². The summed E-state index contributed by atoms with van der Waals surface area (Å²) in [4.78, 5) is 0. The maximum atomic E-state index is 10.3. The van der Waals surface area contributed by atoms with Crippen LogP contribution in [0.2, 0.25) is 0 Å². The summed E-state index contributed by atoms with van der Waals surface area (Å²) in [5.74, 6) is 0.802. The zero-order valence-electron chi connectivity index (χ0n) is 12.6. The Morgan fingerprint density at radius 1 is 1.05 bits per heavy atom. The Morgan fingerprint density at radius 2 is 1.71 bits per heavy atom. The van der Waals surface area contributed by atoms with Gasteiger partial charge < -0.3 is 15.2 Å². The Kier molecular flexibility index (Phi) is 5.78. The van der Waals surface area contributed by atoms with Gasteiger partial charge in [0.1, 0.15) is 5.75 Å². The summed E-state index contributed by atoms with van der Waals surface area (Å²) in [7, 11) is 1.64. The molecule has 2 unspecified atom stereocenters. The van der Waals surface area contributed by atoms with Gasteiger partial charge in [0.05, 0.1) is 13.2 Å². The zero-order valence-corrected chi connectivity index (χ0v) is 12.6. The van der Waals surface area contributed by atoms with Crippen LogP contribution in [0.1, 0.15) is 24.2 Å². The van der Waals surface area contributed by atoms with E-state index in [1.54, 1.807) is 7.11 Å². The van der Waals surface area contributed by atoms with Gasteiger partial charge in [0.15, 0.2) is 0 Å². The first kappa shape index (κ1) is 15.5. The molecular weight excluding hydrogens is 262 g/mol. The molecule has 0 radical (unpaired) electrons. The maximum absolute atomic E-state index is 10.3. The molecule has 0 bridgehead atoms. The molecule has 0 saturated heterocycles. The third-order valence-electron chi connectivity index (χ3n) is 3.65. The molecule has 2 aromatic rings. The number of hydrogen-bond donors (Lipinski definition) is 2. The van der Waals surface area contributed by atoms with Crippen molar-refractivity contribution in [2.24, 2.45) is 0 Å². The molecule has 0 amide bonds. The molecule has 0 fully saturated rings. The number of methoxy groups -OCH3 is 1. The first-order valence-electron chi connectivity index (χ1n) is 7.30. The fourth-order valence-corrected chi connectivity index (χ4v) is 2.29. The summed E-state index contributed by atoms with van der Waals surface area (Å²) in [6, 6.07) is 17.9. The van der Waals surface area contributed by atoms with Crippen molar-refractivity contribution in [3.63, 3.8) is 0 Å². The monoisotopic (exact) mass is 285 g/mol. The van der Waals surface area contributed by atoms with Crippen LogP contribution in [0.25, 0.3) is 0 Å². The minimum absolute atomic E-state index is 0.00195. The number of hydrogen-bond acceptors (Lipinski definition) is 3. The molecule has 3 heteroatoms. The largest absolute Gasteiger partial charge is 0.497 e. The quantitative estimate of drug-likeness (QED) is 0.822. The van der Waals surface area contributed by atoms with E-state index >= 15 is 0 Å². The molecule has 0 aliphatic carbocycles. The van der Waals surface area contributed by atoms with E-state index in [1.807, 2.05) is 49.4 Å². The second-order valence-electron chi connectivity index (χ2n) is 5.20. The maximum Gasteiger partial charge on any atom is 0.118 e. The normalized spacial score (nSPS) is 13.7. The molecule has 0 heterocycles. The van der Waals surface area contributed by atoms with E-state index in [0.717, 1.165) is 24.3 Å². The molecule has 0 spiro atoms. The van der Waals surface area contributed by atoms with E-state index in [9.17, 15) is 5.11 Å².